The summed E-state index contributed by atoms with van der Waals surface area (Å²) in [6.07, 6.45) is 1.94. The van der Waals surface area contributed by atoms with Crippen LogP contribution in [-0.4, -0.2) is 38.8 Å². The van der Waals surface area contributed by atoms with Crippen molar-refractivity contribution in [3.05, 3.63) is 63.0 Å². The normalized spacial score (nSPS) is 13.2. The summed E-state index contributed by atoms with van der Waals surface area (Å²) in [7, 11) is 0. The van der Waals surface area contributed by atoms with E-state index in [-0.39, 0.29) is 18.5 Å². The molecule has 28 heavy (non-hydrogen) atoms. The van der Waals surface area contributed by atoms with Crippen molar-refractivity contribution in [1.29, 1.82) is 0 Å². The van der Waals surface area contributed by atoms with E-state index in [1.54, 1.807) is 30.3 Å². The number of nitrogens with zero attached hydrogens (tertiary/aromatic N) is 3. The highest BCUT2D eigenvalue weighted by molar-refractivity contribution is 7.18. The van der Waals surface area contributed by atoms with E-state index in [0.717, 1.165) is 20.9 Å². The van der Waals surface area contributed by atoms with E-state index < -0.39 is 17.7 Å². The number of benzene rings is 1. The molecule has 0 atom stereocenters. The lowest BCUT2D eigenvalue weighted by Gasteiger charge is -2.14. The highest BCUT2D eigenvalue weighted by atomic mass is 32.1. The first-order valence-electron chi connectivity index (χ1n) is 8.74. The van der Waals surface area contributed by atoms with E-state index >= 15 is 0 Å². The second kappa shape index (κ2) is 7.01. The Kier molecular flexibility index (Phi) is 4.52. The molecule has 9 heteroatoms. The molecule has 0 spiro atoms. The van der Waals surface area contributed by atoms with Gasteiger partial charge in [0.05, 0.1) is 16.5 Å². The van der Waals surface area contributed by atoms with Crippen LogP contribution in [0.25, 0.3) is 10.2 Å². The third-order valence-corrected chi connectivity index (χ3v) is 5.72. The number of carbonyl (C=O) groups is 3. The van der Waals surface area contributed by atoms with Crippen molar-refractivity contribution < 1.29 is 14.4 Å². The summed E-state index contributed by atoms with van der Waals surface area (Å²) >= 11 is 1.44. The van der Waals surface area contributed by atoms with Crippen LogP contribution < -0.4 is 11.0 Å². The smallest absolute Gasteiger partial charge is 0.274 e. The Balaban J connectivity index is 1.45. The molecule has 8 nitrogen and oxygen atoms in total. The lowest BCUT2D eigenvalue weighted by molar-refractivity contribution is -0.117. The van der Waals surface area contributed by atoms with Crippen LogP contribution in [0.5, 0.6) is 0 Å². The molecule has 0 saturated heterocycles. The Labute approximate surface area is 163 Å². The number of imide groups is 1. The Morgan fingerprint density at radius 1 is 1.14 bits per heavy atom. The summed E-state index contributed by atoms with van der Waals surface area (Å²) in [6, 6.07) is 8.31. The highest BCUT2D eigenvalue weighted by Gasteiger charge is 2.34. The lowest BCUT2D eigenvalue weighted by Crippen LogP contribution is -2.37. The number of nitrogens with one attached hydrogen (secondary N) is 1. The predicted octanol–water partition coefficient (Wildman–Crippen LogP) is 1.78. The number of rotatable bonds is 5. The molecule has 0 saturated carbocycles. The summed E-state index contributed by atoms with van der Waals surface area (Å²) in [5.74, 6) is -1.33. The molecule has 1 aliphatic rings. The summed E-state index contributed by atoms with van der Waals surface area (Å²) in [5, 5.41) is 0.449. The van der Waals surface area contributed by atoms with Crippen LogP contribution in [-0.2, 0) is 11.2 Å². The SMILES string of the molecule is CCc1cc2c(=O)n(NC(=O)CCN3C(=O)c4ccccc4C3=O)cnc2s1. The number of fused-ring (bicyclic) bond motifs is 2. The number of thiophene rings is 1. The van der Waals surface area contributed by atoms with Crippen molar-refractivity contribution in [3.8, 4) is 0 Å². The number of amides is 3. The first kappa shape index (κ1) is 18.1. The molecule has 0 aliphatic carbocycles. The van der Waals surface area contributed by atoms with Gasteiger partial charge in [0.15, 0.2) is 0 Å². The van der Waals surface area contributed by atoms with E-state index in [1.807, 2.05) is 6.92 Å². The molecule has 0 radical (unpaired) electrons. The second-order valence-corrected chi connectivity index (χ2v) is 7.41. The molecule has 0 fully saturated rings. The average Bonchev–Trinajstić information content (AvgIpc) is 3.23. The van der Waals surface area contributed by atoms with Gasteiger partial charge in [-0.05, 0) is 24.6 Å². The monoisotopic (exact) mass is 396 g/mol. The van der Waals surface area contributed by atoms with E-state index in [9.17, 15) is 19.2 Å². The van der Waals surface area contributed by atoms with Gasteiger partial charge in [-0.2, -0.15) is 0 Å². The third kappa shape index (κ3) is 2.99. The molecule has 3 aromatic rings. The maximum atomic E-state index is 12.5. The van der Waals surface area contributed by atoms with Crippen LogP contribution in [0.1, 0.15) is 38.9 Å². The summed E-state index contributed by atoms with van der Waals surface area (Å²) in [6.45, 7) is 1.92. The quantitative estimate of drug-likeness (QED) is 0.663. The van der Waals surface area contributed by atoms with Gasteiger partial charge in [0.25, 0.3) is 17.4 Å². The minimum absolute atomic E-state index is 0.0684. The number of aryl methyl sites for hydroxylation is 1. The average molecular weight is 396 g/mol. The molecule has 1 aliphatic heterocycles. The van der Waals surface area contributed by atoms with Crippen molar-refractivity contribution >= 4 is 39.3 Å². The fourth-order valence-electron chi connectivity index (χ4n) is 3.07. The minimum atomic E-state index is -0.495. The van der Waals surface area contributed by atoms with Gasteiger partial charge in [-0.1, -0.05) is 19.1 Å². The van der Waals surface area contributed by atoms with Crippen molar-refractivity contribution in [2.75, 3.05) is 12.0 Å². The van der Waals surface area contributed by atoms with E-state index in [1.165, 1.54) is 17.7 Å². The van der Waals surface area contributed by atoms with E-state index in [2.05, 4.69) is 10.4 Å². The Morgan fingerprint density at radius 3 is 2.46 bits per heavy atom. The van der Waals surface area contributed by atoms with Gasteiger partial charge in [-0.3, -0.25) is 29.5 Å². The summed E-state index contributed by atoms with van der Waals surface area (Å²) < 4.78 is 1.03. The topological polar surface area (TPSA) is 101 Å². The molecule has 4 rings (SSSR count). The zero-order chi connectivity index (χ0) is 19.8. The van der Waals surface area contributed by atoms with Crippen LogP contribution in [0.15, 0.2) is 41.5 Å². The van der Waals surface area contributed by atoms with Crippen LogP contribution in [0.4, 0.5) is 0 Å². The largest absolute Gasteiger partial charge is 0.280 e. The Bertz CT molecular complexity index is 1150. The highest BCUT2D eigenvalue weighted by Crippen LogP contribution is 2.22. The van der Waals surface area contributed by atoms with Gasteiger partial charge < -0.3 is 0 Å². The van der Waals surface area contributed by atoms with Gasteiger partial charge in [0.1, 0.15) is 11.2 Å². The molecule has 0 bridgehead atoms. The van der Waals surface area contributed by atoms with Crippen LogP contribution in [0.3, 0.4) is 0 Å². The van der Waals surface area contributed by atoms with Crippen molar-refractivity contribution in [2.24, 2.45) is 0 Å². The molecule has 2 aromatic heterocycles. The summed E-state index contributed by atoms with van der Waals surface area (Å²) in [4.78, 5) is 56.3. The molecule has 0 unspecified atom stereocenters. The molecular weight excluding hydrogens is 380 g/mol. The van der Waals surface area contributed by atoms with Crippen LogP contribution >= 0.6 is 11.3 Å². The Morgan fingerprint density at radius 2 is 1.82 bits per heavy atom. The molecule has 1 N–H and O–H groups in total. The number of hydrogen-bond donors (Lipinski definition) is 1. The molecular formula is C19H16N4O4S. The maximum Gasteiger partial charge on any atom is 0.280 e. The van der Waals surface area contributed by atoms with Crippen LogP contribution in [0.2, 0.25) is 0 Å². The maximum absolute atomic E-state index is 12.5. The third-order valence-electron chi connectivity index (χ3n) is 4.54. The first-order chi connectivity index (χ1) is 13.5. The minimum Gasteiger partial charge on any atom is -0.274 e. The lowest BCUT2D eigenvalue weighted by atomic mass is 10.1. The van der Waals surface area contributed by atoms with Crippen molar-refractivity contribution in [2.45, 2.75) is 19.8 Å². The zero-order valence-corrected chi connectivity index (χ0v) is 15.8. The number of hydrogen-bond acceptors (Lipinski definition) is 6. The van der Waals surface area contributed by atoms with E-state index in [0.29, 0.717) is 21.3 Å². The van der Waals surface area contributed by atoms with Crippen molar-refractivity contribution in [3.63, 3.8) is 0 Å². The fourth-order valence-corrected chi connectivity index (χ4v) is 4.00. The van der Waals surface area contributed by atoms with Gasteiger partial charge in [-0.15, -0.1) is 11.3 Å². The van der Waals surface area contributed by atoms with Gasteiger partial charge >= 0.3 is 0 Å². The van der Waals surface area contributed by atoms with Crippen molar-refractivity contribution in [1.82, 2.24) is 14.6 Å². The predicted molar refractivity (Wildman–Crippen MR) is 104 cm³/mol. The van der Waals surface area contributed by atoms with Crippen LogP contribution in [0, 0.1) is 0 Å². The van der Waals surface area contributed by atoms with Gasteiger partial charge in [0.2, 0.25) is 5.91 Å². The molecule has 1 aromatic carbocycles. The fraction of sp³-hybridized carbons (Fsp3) is 0.211. The standard InChI is InChI=1S/C19H16N4O4S/c1-2-11-9-14-16(28-11)20-10-23(19(14)27)21-15(24)7-8-22-17(25)12-5-3-4-6-13(12)18(22)26/h3-6,9-10H,2,7-8H2,1H3,(H,21,24). The molecule has 3 amide bonds. The summed E-state index contributed by atoms with van der Waals surface area (Å²) in [5.41, 5.74) is 2.77. The first-order valence-corrected chi connectivity index (χ1v) is 9.56. The number of aromatic nitrogens is 2. The molecule has 3 heterocycles. The number of carbonyl (C=O) groups excluding carboxylic acids is 3. The van der Waals surface area contributed by atoms with Gasteiger partial charge in [0, 0.05) is 17.8 Å². The van der Waals surface area contributed by atoms with E-state index in [4.69, 9.17) is 0 Å². The second-order valence-electron chi connectivity index (χ2n) is 6.30. The zero-order valence-electron chi connectivity index (χ0n) is 15.0. The molecule has 142 valence electrons. The Hall–Kier alpha value is -3.33. The van der Waals surface area contributed by atoms with Gasteiger partial charge in [-0.25, -0.2) is 9.66 Å².